The van der Waals surface area contributed by atoms with Crippen molar-refractivity contribution in [1.82, 2.24) is 5.32 Å². The first-order chi connectivity index (χ1) is 13.1. The quantitative estimate of drug-likeness (QED) is 0.758. The van der Waals surface area contributed by atoms with E-state index in [1.54, 1.807) is 48.4 Å². The zero-order valence-electron chi connectivity index (χ0n) is 15.0. The Kier molecular flexibility index (Phi) is 5.90. The van der Waals surface area contributed by atoms with Crippen molar-refractivity contribution in [3.63, 3.8) is 0 Å². The highest BCUT2D eigenvalue weighted by atomic mass is 19.1. The summed E-state index contributed by atoms with van der Waals surface area (Å²) in [5, 5.41) is 2.76. The van der Waals surface area contributed by atoms with Gasteiger partial charge in [0.15, 0.2) is 0 Å². The molecule has 2 aromatic carbocycles. The zero-order chi connectivity index (χ0) is 19.2. The molecule has 6 nitrogen and oxygen atoms in total. The number of nitrogens with one attached hydrogen (secondary N) is 1. The van der Waals surface area contributed by atoms with Crippen LogP contribution in [0.2, 0.25) is 0 Å². The Morgan fingerprint density at radius 1 is 1.22 bits per heavy atom. The Bertz CT molecular complexity index is 810. The molecule has 1 atom stereocenters. The molecule has 1 fully saturated rings. The average Bonchev–Trinajstić information content (AvgIpc) is 3.07. The number of hydrogen-bond donors (Lipinski definition) is 1. The molecule has 2 aromatic rings. The lowest BCUT2D eigenvalue weighted by molar-refractivity contribution is -0.126. The van der Waals surface area contributed by atoms with Gasteiger partial charge in [-0.05, 0) is 36.4 Å². The molecule has 27 heavy (non-hydrogen) atoms. The second-order valence-electron chi connectivity index (χ2n) is 6.20. The number of carbonyl (C=O) groups is 2. The molecule has 142 valence electrons. The van der Waals surface area contributed by atoms with Crippen molar-refractivity contribution in [2.75, 3.05) is 31.7 Å². The first kappa shape index (κ1) is 18.7. The summed E-state index contributed by atoms with van der Waals surface area (Å²) < 4.78 is 23.6. The number of amides is 2. The smallest absolute Gasteiger partial charge is 0.227 e. The number of halogens is 1. The molecule has 3 rings (SSSR count). The van der Waals surface area contributed by atoms with Crippen LogP contribution in [-0.2, 0) is 9.59 Å². The lowest BCUT2D eigenvalue weighted by Crippen LogP contribution is -2.35. The minimum absolute atomic E-state index is 0.0867. The minimum atomic E-state index is -0.409. The summed E-state index contributed by atoms with van der Waals surface area (Å²) in [6.07, 6.45) is 0.169. The molecule has 2 amide bonds. The van der Waals surface area contributed by atoms with Crippen LogP contribution in [0.5, 0.6) is 11.5 Å². The van der Waals surface area contributed by atoms with Crippen molar-refractivity contribution < 1.29 is 23.5 Å². The van der Waals surface area contributed by atoms with Gasteiger partial charge in [-0.1, -0.05) is 6.07 Å². The number of rotatable bonds is 7. The standard InChI is InChI=1S/C20H21FN2O4/c1-26-17-7-5-16(6-8-17)23-13-14(11-19(23)24)20(25)22-9-10-27-18-4-2-3-15(21)12-18/h2-8,12,14H,9-11,13H2,1H3,(H,22,25). The first-order valence-electron chi connectivity index (χ1n) is 8.67. The van der Waals surface area contributed by atoms with Gasteiger partial charge in [-0.3, -0.25) is 9.59 Å². The van der Waals surface area contributed by atoms with Gasteiger partial charge in [-0.2, -0.15) is 0 Å². The fourth-order valence-corrected chi connectivity index (χ4v) is 2.94. The predicted molar refractivity (Wildman–Crippen MR) is 98.4 cm³/mol. The maximum atomic E-state index is 13.1. The van der Waals surface area contributed by atoms with Crippen LogP contribution in [0, 0.1) is 11.7 Å². The van der Waals surface area contributed by atoms with Crippen molar-refractivity contribution in [3.05, 3.63) is 54.3 Å². The summed E-state index contributed by atoms with van der Waals surface area (Å²) >= 11 is 0. The molecular formula is C20H21FN2O4. The van der Waals surface area contributed by atoms with Gasteiger partial charge in [0.05, 0.1) is 19.6 Å². The third kappa shape index (κ3) is 4.75. The van der Waals surface area contributed by atoms with E-state index < -0.39 is 5.92 Å². The molecule has 0 saturated carbocycles. The maximum absolute atomic E-state index is 13.1. The van der Waals surface area contributed by atoms with Crippen LogP contribution in [0.15, 0.2) is 48.5 Å². The summed E-state index contributed by atoms with van der Waals surface area (Å²) in [7, 11) is 1.58. The Hall–Kier alpha value is -3.09. The normalized spacial score (nSPS) is 16.3. The summed E-state index contributed by atoms with van der Waals surface area (Å²) in [5.41, 5.74) is 0.741. The largest absolute Gasteiger partial charge is 0.497 e. The number of hydrogen-bond acceptors (Lipinski definition) is 4. The van der Waals surface area contributed by atoms with Crippen LogP contribution in [0.3, 0.4) is 0 Å². The summed E-state index contributed by atoms with van der Waals surface area (Å²) in [4.78, 5) is 26.2. The predicted octanol–water partition coefficient (Wildman–Crippen LogP) is 2.38. The molecule has 1 saturated heterocycles. The summed E-state index contributed by atoms with van der Waals surface area (Å²) in [6, 6.07) is 13.0. The Balaban J connectivity index is 1.47. The number of benzene rings is 2. The highest BCUT2D eigenvalue weighted by molar-refractivity contribution is 6.00. The van der Waals surface area contributed by atoms with E-state index in [0.29, 0.717) is 18.0 Å². The first-order valence-corrected chi connectivity index (χ1v) is 8.67. The highest BCUT2D eigenvalue weighted by Gasteiger charge is 2.34. The Morgan fingerprint density at radius 3 is 2.70 bits per heavy atom. The second-order valence-corrected chi connectivity index (χ2v) is 6.20. The maximum Gasteiger partial charge on any atom is 0.227 e. The van der Waals surface area contributed by atoms with E-state index in [-0.39, 0.29) is 37.2 Å². The van der Waals surface area contributed by atoms with E-state index in [9.17, 15) is 14.0 Å². The minimum Gasteiger partial charge on any atom is -0.497 e. The Morgan fingerprint density at radius 2 is 2.00 bits per heavy atom. The number of methoxy groups -OCH3 is 1. The molecule has 0 aromatic heterocycles. The zero-order valence-corrected chi connectivity index (χ0v) is 15.0. The van der Waals surface area contributed by atoms with Gasteiger partial charge in [0.1, 0.15) is 23.9 Å². The van der Waals surface area contributed by atoms with E-state index in [1.165, 1.54) is 12.1 Å². The molecule has 0 aliphatic carbocycles. The molecule has 1 aliphatic heterocycles. The van der Waals surface area contributed by atoms with E-state index in [4.69, 9.17) is 9.47 Å². The summed E-state index contributed by atoms with van der Waals surface area (Å²) in [5.74, 6) is 0.0518. The molecule has 7 heteroatoms. The molecule has 0 radical (unpaired) electrons. The molecule has 0 spiro atoms. The van der Waals surface area contributed by atoms with E-state index in [1.807, 2.05) is 0 Å². The third-order valence-corrected chi connectivity index (χ3v) is 4.35. The van der Waals surface area contributed by atoms with Crippen molar-refractivity contribution in [1.29, 1.82) is 0 Å². The van der Waals surface area contributed by atoms with Crippen LogP contribution in [0.1, 0.15) is 6.42 Å². The molecule has 1 unspecified atom stereocenters. The van der Waals surface area contributed by atoms with Crippen molar-refractivity contribution >= 4 is 17.5 Å². The van der Waals surface area contributed by atoms with Gasteiger partial charge < -0.3 is 19.7 Å². The lowest BCUT2D eigenvalue weighted by atomic mass is 10.1. The second kappa shape index (κ2) is 8.53. The molecular weight excluding hydrogens is 351 g/mol. The highest BCUT2D eigenvalue weighted by Crippen LogP contribution is 2.26. The fourth-order valence-electron chi connectivity index (χ4n) is 2.94. The number of ether oxygens (including phenoxy) is 2. The van der Waals surface area contributed by atoms with E-state index in [0.717, 1.165) is 5.69 Å². The van der Waals surface area contributed by atoms with Crippen molar-refractivity contribution in [2.45, 2.75) is 6.42 Å². The monoisotopic (exact) mass is 372 g/mol. The van der Waals surface area contributed by atoms with Gasteiger partial charge in [0, 0.05) is 24.7 Å². The average molecular weight is 372 g/mol. The number of carbonyl (C=O) groups excluding carboxylic acids is 2. The van der Waals surface area contributed by atoms with E-state index >= 15 is 0 Å². The topological polar surface area (TPSA) is 67.9 Å². The third-order valence-electron chi connectivity index (χ3n) is 4.35. The molecule has 1 aliphatic rings. The number of nitrogens with zero attached hydrogens (tertiary/aromatic N) is 1. The molecule has 1 N–H and O–H groups in total. The van der Waals surface area contributed by atoms with Crippen molar-refractivity contribution in [3.8, 4) is 11.5 Å². The van der Waals surface area contributed by atoms with Gasteiger partial charge >= 0.3 is 0 Å². The van der Waals surface area contributed by atoms with E-state index in [2.05, 4.69) is 5.32 Å². The molecule has 0 bridgehead atoms. The van der Waals surface area contributed by atoms with Crippen LogP contribution in [0.4, 0.5) is 10.1 Å². The fraction of sp³-hybridized carbons (Fsp3) is 0.300. The van der Waals surface area contributed by atoms with Gasteiger partial charge in [-0.25, -0.2) is 4.39 Å². The van der Waals surface area contributed by atoms with Crippen LogP contribution >= 0.6 is 0 Å². The SMILES string of the molecule is COc1ccc(N2CC(C(=O)NCCOc3cccc(F)c3)CC2=O)cc1. The van der Waals surface area contributed by atoms with Gasteiger partial charge in [0.2, 0.25) is 11.8 Å². The lowest BCUT2D eigenvalue weighted by Gasteiger charge is -2.17. The van der Waals surface area contributed by atoms with Crippen molar-refractivity contribution in [2.24, 2.45) is 5.92 Å². The van der Waals surface area contributed by atoms with Crippen LogP contribution < -0.4 is 19.7 Å². The van der Waals surface area contributed by atoms with Crippen LogP contribution in [-0.4, -0.2) is 38.6 Å². The number of anilines is 1. The molecule has 1 heterocycles. The van der Waals surface area contributed by atoms with Crippen LogP contribution in [0.25, 0.3) is 0 Å². The Labute approximate surface area is 156 Å². The van der Waals surface area contributed by atoms with Gasteiger partial charge in [0.25, 0.3) is 0 Å². The summed E-state index contributed by atoms with van der Waals surface area (Å²) in [6.45, 7) is 0.836. The van der Waals surface area contributed by atoms with Gasteiger partial charge in [-0.15, -0.1) is 0 Å².